The molecule has 1 fully saturated rings. The molecule has 84 valence electrons. The molecule has 0 atom stereocenters. The highest BCUT2D eigenvalue weighted by atomic mass is 32.2. The summed E-state index contributed by atoms with van der Waals surface area (Å²) in [6.45, 7) is 3.76. The van der Waals surface area contributed by atoms with E-state index in [0.29, 0.717) is 6.61 Å². The number of hydrogen-bond donors (Lipinski definition) is 3. The van der Waals surface area contributed by atoms with Gasteiger partial charge in [-0.3, -0.25) is 0 Å². The van der Waals surface area contributed by atoms with E-state index in [1.807, 2.05) is 11.8 Å². The van der Waals surface area contributed by atoms with Gasteiger partial charge in [0.1, 0.15) is 0 Å². The van der Waals surface area contributed by atoms with Gasteiger partial charge in [0.05, 0.1) is 0 Å². The summed E-state index contributed by atoms with van der Waals surface area (Å²) in [5, 5.41) is 15.5. The average molecular weight is 218 g/mol. The molecule has 1 aliphatic rings. The molecule has 3 N–H and O–H groups in total. The van der Waals surface area contributed by atoms with Crippen LogP contribution in [0, 0.1) is 0 Å². The van der Waals surface area contributed by atoms with Crippen LogP contribution in [0.15, 0.2) is 0 Å². The average Bonchev–Trinajstić information content (AvgIpc) is 2.25. The van der Waals surface area contributed by atoms with Crippen LogP contribution in [0.4, 0.5) is 0 Å². The van der Waals surface area contributed by atoms with E-state index >= 15 is 0 Å². The number of hydrogen-bond acceptors (Lipinski definition) is 4. The number of aliphatic hydroxyl groups is 1. The van der Waals surface area contributed by atoms with Crippen LogP contribution in [-0.4, -0.2) is 48.9 Å². The van der Waals surface area contributed by atoms with E-state index in [2.05, 4.69) is 10.6 Å². The number of piperidine rings is 1. The summed E-state index contributed by atoms with van der Waals surface area (Å²) in [4.78, 5) is 0. The quantitative estimate of drug-likeness (QED) is 0.543. The van der Waals surface area contributed by atoms with Crippen LogP contribution in [0.2, 0.25) is 0 Å². The Morgan fingerprint density at radius 1 is 1.29 bits per heavy atom. The Labute approximate surface area is 91.0 Å². The zero-order valence-electron chi connectivity index (χ0n) is 8.80. The third-order valence-electron chi connectivity index (χ3n) is 2.47. The molecule has 3 nitrogen and oxygen atoms in total. The van der Waals surface area contributed by atoms with Crippen LogP contribution < -0.4 is 10.6 Å². The first-order chi connectivity index (χ1) is 6.93. The molecular weight excluding hydrogens is 196 g/mol. The lowest BCUT2D eigenvalue weighted by Crippen LogP contribution is -2.40. The second kappa shape index (κ2) is 8.53. The maximum absolute atomic E-state index is 8.59. The molecule has 0 radical (unpaired) electrons. The molecule has 1 saturated heterocycles. The first-order valence-corrected chi connectivity index (χ1v) is 6.71. The van der Waals surface area contributed by atoms with Crippen molar-refractivity contribution in [2.75, 3.05) is 37.7 Å². The van der Waals surface area contributed by atoms with E-state index in [0.717, 1.165) is 37.8 Å². The monoisotopic (exact) mass is 218 g/mol. The minimum absolute atomic E-state index is 0.328. The normalized spacial score (nSPS) is 18.6. The summed E-state index contributed by atoms with van der Waals surface area (Å²) in [7, 11) is 0. The number of thioether (sulfide) groups is 1. The van der Waals surface area contributed by atoms with Gasteiger partial charge in [0.15, 0.2) is 0 Å². The molecule has 1 rings (SSSR count). The Hall–Kier alpha value is 0.230. The Kier molecular flexibility index (Phi) is 7.50. The van der Waals surface area contributed by atoms with Gasteiger partial charge >= 0.3 is 0 Å². The molecule has 14 heavy (non-hydrogen) atoms. The maximum atomic E-state index is 8.59. The highest BCUT2D eigenvalue weighted by Crippen LogP contribution is 2.03. The van der Waals surface area contributed by atoms with E-state index < -0.39 is 0 Å². The number of nitrogens with one attached hydrogen (secondary N) is 2. The topological polar surface area (TPSA) is 44.3 Å². The smallest absolute Gasteiger partial charge is 0.0438 e. The van der Waals surface area contributed by atoms with Crippen molar-refractivity contribution in [2.24, 2.45) is 0 Å². The lowest BCUT2D eigenvalue weighted by Gasteiger charge is -2.23. The lowest BCUT2D eigenvalue weighted by atomic mass is 10.1. The molecular formula is C10H22N2OS. The molecule has 0 aliphatic carbocycles. The summed E-state index contributed by atoms with van der Waals surface area (Å²) in [5.41, 5.74) is 0. The minimum Gasteiger partial charge on any atom is -0.396 e. The molecule has 0 saturated carbocycles. The largest absolute Gasteiger partial charge is 0.396 e. The summed E-state index contributed by atoms with van der Waals surface area (Å²) in [6.07, 6.45) is 3.46. The molecule has 1 heterocycles. The van der Waals surface area contributed by atoms with E-state index in [9.17, 15) is 0 Å². The molecule has 4 heteroatoms. The molecule has 0 aromatic rings. The Morgan fingerprint density at radius 3 is 2.79 bits per heavy atom. The van der Waals surface area contributed by atoms with Gasteiger partial charge in [-0.2, -0.15) is 11.8 Å². The van der Waals surface area contributed by atoms with Crippen LogP contribution in [0.3, 0.4) is 0 Å². The third-order valence-corrected chi connectivity index (χ3v) is 3.54. The van der Waals surface area contributed by atoms with Gasteiger partial charge in [0, 0.05) is 24.9 Å². The van der Waals surface area contributed by atoms with Crippen molar-refractivity contribution in [1.29, 1.82) is 0 Å². The first-order valence-electron chi connectivity index (χ1n) is 5.56. The van der Waals surface area contributed by atoms with Crippen LogP contribution >= 0.6 is 11.8 Å². The van der Waals surface area contributed by atoms with Gasteiger partial charge in [-0.25, -0.2) is 0 Å². The highest BCUT2D eigenvalue weighted by Gasteiger charge is 2.10. The fourth-order valence-electron chi connectivity index (χ4n) is 1.63. The molecule has 0 aromatic carbocycles. The van der Waals surface area contributed by atoms with Gasteiger partial charge in [-0.1, -0.05) is 0 Å². The Bertz CT molecular complexity index is 129. The van der Waals surface area contributed by atoms with Gasteiger partial charge in [0.2, 0.25) is 0 Å². The summed E-state index contributed by atoms with van der Waals surface area (Å²) in [5.74, 6) is 2.26. The van der Waals surface area contributed by atoms with Crippen molar-refractivity contribution >= 4 is 11.8 Å². The predicted octanol–water partition coefficient (Wildman–Crippen LogP) is 0.444. The summed E-state index contributed by atoms with van der Waals surface area (Å²) < 4.78 is 0. The van der Waals surface area contributed by atoms with E-state index in [1.165, 1.54) is 18.6 Å². The highest BCUT2D eigenvalue weighted by molar-refractivity contribution is 7.99. The lowest BCUT2D eigenvalue weighted by molar-refractivity contribution is 0.296. The standard InChI is InChI=1S/C10H22N2OS/c13-7-1-8-14-9-6-12-10-2-4-11-5-3-10/h10-13H,1-9H2. The summed E-state index contributed by atoms with van der Waals surface area (Å²) >= 11 is 1.93. The van der Waals surface area contributed by atoms with E-state index in [1.54, 1.807) is 0 Å². The molecule has 0 bridgehead atoms. The van der Waals surface area contributed by atoms with Gasteiger partial charge in [-0.15, -0.1) is 0 Å². The molecule has 0 unspecified atom stereocenters. The van der Waals surface area contributed by atoms with Crippen molar-refractivity contribution in [3.63, 3.8) is 0 Å². The van der Waals surface area contributed by atoms with Crippen molar-refractivity contribution < 1.29 is 5.11 Å². The van der Waals surface area contributed by atoms with Crippen LogP contribution in [0.5, 0.6) is 0 Å². The van der Waals surface area contributed by atoms with Crippen LogP contribution in [-0.2, 0) is 0 Å². The predicted molar refractivity (Wildman–Crippen MR) is 62.9 cm³/mol. The number of aliphatic hydroxyl groups excluding tert-OH is 1. The van der Waals surface area contributed by atoms with E-state index in [-0.39, 0.29) is 0 Å². The fourth-order valence-corrected chi connectivity index (χ4v) is 2.43. The van der Waals surface area contributed by atoms with Crippen molar-refractivity contribution in [3.8, 4) is 0 Å². The Balaban J connectivity index is 1.82. The van der Waals surface area contributed by atoms with Crippen molar-refractivity contribution in [1.82, 2.24) is 10.6 Å². The zero-order chi connectivity index (χ0) is 10.1. The first kappa shape index (κ1) is 12.3. The zero-order valence-corrected chi connectivity index (χ0v) is 9.61. The molecule has 0 aromatic heterocycles. The second-order valence-corrected chi connectivity index (χ2v) is 4.89. The van der Waals surface area contributed by atoms with Crippen molar-refractivity contribution in [3.05, 3.63) is 0 Å². The van der Waals surface area contributed by atoms with Crippen LogP contribution in [0.1, 0.15) is 19.3 Å². The SMILES string of the molecule is OCCCSCCNC1CCNCC1. The third kappa shape index (κ3) is 5.86. The van der Waals surface area contributed by atoms with E-state index in [4.69, 9.17) is 5.11 Å². The van der Waals surface area contributed by atoms with Gasteiger partial charge < -0.3 is 15.7 Å². The van der Waals surface area contributed by atoms with Crippen LogP contribution in [0.25, 0.3) is 0 Å². The fraction of sp³-hybridized carbons (Fsp3) is 1.00. The second-order valence-electron chi connectivity index (χ2n) is 3.67. The van der Waals surface area contributed by atoms with Gasteiger partial charge in [0.25, 0.3) is 0 Å². The molecule has 0 spiro atoms. The molecule has 1 aliphatic heterocycles. The maximum Gasteiger partial charge on any atom is 0.0438 e. The molecule has 0 amide bonds. The minimum atomic E-state index is 0.328. The van der Waals surface area contributed by atoms with Crippen molar-refractivity contribution in [2.45, 2.75) is 25.3 Å². The summed E-state index contributed by atoms with van der Waals surface area (Å²) in [6, 6.07) is 0.731. The van der Waals surface area contributed by atoms with Gasteiger partial charge in [-0.05, 0) is 38.1 Å². The number of rotatable bonds is 7. The Morgan fingerprint density at radius 2 is 2.07 bits per heavy atom.